The van der Waals surface area contributed by atoms with Gasteiger partial charge in [0.15, 0.2) is 0 Å². The Balaban J connectivity index is 2.26. The van der Waals surface area contributed by atoms with E-state index >= 15 is 0 Å². The zero-order valence-electron chi connectivity index (χ0n) is 11.6. The summed E-state index contributed by atoms with van der Waals surface area (Å²) in [5, 5.41) is 13.9. The molecule has 1 aliphatic rings. The molecule has 5 heteroatoms. The number of hydrogen-bond acceptors (Lipinski definition) is 4. The van der Waals surface area contributed by atoms with E-state index in [0.29, 0.717) is 18.9 Å². The summed E-state index contributed by atoms with van der Waals surface area (Å²) < 4.78 is 22.1. The molecule has 0 amide bonds. The lowest BCUT2D eigenvalue weighted by molar-refractivity contribution is -0.0113. The lowest BCUT2D eigenvalue weighted by Gasteiger charge is -2.36. The largest absolute Gasteiger partial charge is 0.390 e. The molecular weight excluding hydrogens is 250 g/mol. The van der Waals surface area contributed by atoms with Crippen LogP contribution in [0.1, 0.15) is 51.9 Å². The fraction of sp³-hybridized carbons (Fsp3) is 1.00. The van der Waals surface area contributed by atoms with E-state index < -0.39 is 15.4 Å². The van der Waals surface area contributed by atoms with Gasteiger partial charge < -0.3 is 10.4 Å². The molecule has 1 aliphatic carbocycles. The second kappa shape index (κ2) is 6.87. The Morgan fingerprint density at radius 2 is 1.94 bits per heavy atom. The highest BCUT2D eigenvalue weighted by Crippen LogP contribution is 2.32. The first-order valence-electron chi connectivity index (χ1n) is 6.98. The minimum absolute atomic E-state index is 0.187. The first-order valence-corrected chi connectivity index (χ1v) is 9.04. The van der Waals surface area contributed by atoms with Crippen molar-refractivity contribution in [3.8, 4) is 0 Å². The molecular formula is C13H27NO3S. The zero-order valence-corrected chi connectivity index (χ0v) is 12.4. The fourth-order valence-electron chi connectivity index (χ4n) is 2.62. The summed E-state index contributed by atoms with van der Waals surface area (Å²) in [6.07, 6.45) is 7.14. The molecule has 0 heterocycles. The van der Waals surface area contributed by atoms with Crippen LogP contribution in [0.25, 0.3) is 0 Å². The summed E-state index contributed by atoms with van der Waals surface area (Å²) in [5.41, 5.74) is -0.630. The molecule has 1 saturated carbocycles. The summed E-state index contributed by atoms with van der Waals surface area (Å²) in [7, 11) is -2.90. The molecule has 0 bridgehead atoms. The van der Waals surface area contributed by atoms with Gasteiger partial charge in [-0.2, -0.15) is 0 Å². The van der Waals surface area contributed by atoms with Gasteiger partial charge >= 0.3 is 0 Å². The number of rotatable bonds is 7. The molecule has 1 rings (SSSR count). The summed E-state index contributed by atoms with van der Waals surface area (Å²) in [6, 6.07) is 0.528. The molecule has 0 aliphatic heterocycles. The first kappa shape index (κ1) is 15.9. The van der Waals surface area contributed by atoms with Crippen LogP contribution in [0.4, 0.5) is 0 Å². The van der Waals surface area contributed by atoms with Crippen molar-refractivity contribution < 1.29 is 13.5 Å². The smallest absolute Gasteiger partial charge is 0.147 e. The van der Waals surface area contributed by atoms with Crippen molar-refractivity contribution in [2.75, 3.05) is 18.6 Å². The van der Waals surface area contributed by atoms with Crippen LogP contribution in [0.15, 0.2) is 0 Å². The van der Waals surface area contributed by atoms with Crippen molar-refractivity contribution in [1.29, 1.82) is 0 Å². The Morgan fingerprint density at radius 1 is 1.33 bits per heavy atom. The Hall–Kier alpha value is -0.130. The van der Waals surface area contributed by atoms with Gasteiger partial charge in [0, 0.05) is 18.1 Å². The number of aliphatic hydroxyl groups is 1. The topological polar surface area (TPSA) is 66.4 Å². The average Bonchev–Trinajstić information content (AvgIpc) is 2.26. The van der Waals surface area contributed by atoms with Crippen LogP contribution < -0.4 is 5.32 Å². The van der Waals surface area contributed by atoms with Crippen molar-refractivity contribution >= 4 is 9.84 Å². The third kappa shape index (κ3) is 6.16. The molecule has 4 nitrogen and oxygen atoms in total. The molecule has 0 aromatic carbocycles. The van der Waals surface area contributed by atoms with E-state index in [1.165, 1.54) is 6.26 Å². The minimum atomic E-state index is -2.90. The summed E-state index contributed by atoms with van der Waals surface area (Å²) >= 11 is 0. The van der Waals surface area contributed by atoms with E-state index in [9.17, 15) is 13.5 Å². The highest BCUT2D eigenvalue weighted by atomic mass is 32.2. The van der Waals surface area contributed by atoms with Gasteiger partial charge in [-0.1, -0.05) is 6.92 Å². The maximum atomic E-state index is 11.1. The van der Waals surface area contributed by atoms with Crippen LogP contribution in [0.3, 0.4) is 0 Å². The van der Waals surface area contributed by atoms with E-state index in [1.54, 1.807) is 0 Å². The molecule has 0 aromatic rings. The van der Waals surface area contributed by atoms with Crippen LogP contribution in [-0.4, -0.2) is 43.7 Å². The lowest BCUT2D eigenvalue weighted by atomic mass is 9.79. The Kier molecular flexibility index (Phi) is 6.08. The van der Waals surface area contributed by atoms with Gasteiger partial charge in [0.1, 0.15) is 9.84 Å². The first-order chi connectivity index (χ1) is 8.35. The second-order valence-corrected chi connectivity index (χ2v) is 7.95. The van der Waals surface area contributed by atoms with Gasteiger partial charge in [-0.15, -0.1) is 0 Å². The Labute approximate surface area is 111 Å². The highest BCUT2D eigenvalue weighted by molar-refractivity contribution is 7.90. The van der Waals surface area contributed by atoms with Gasteiger partial charge in [0.05, 0.1) is 5.60 Å². The number of sulfone groups is 1. The van der Waals surface area contributed by atoms with Gasteiger partial charge in [-0.25, -0.2) is 8.42 Å². The number of hydrogen-bond donors (Lipinski definition) is 2. The molecule has 0 spiro atoms. The van der Waals surface area contributed by atoms with Crippen molar-refractivity contribution in [3.63, 3.8) is 0 Å². The minimum Gasteiger partial charge on any atom is -0.390 e. The van der Waals surface area contributed by atoms with E-state index in [0.717, 1.165) is 38.6 Å². The van der Waals surface area contributed by atoms with E-state index in [2.05, 4.69) is 12.2 Å². The normalized spacial score (nSPS) is 29.4. The maximum Gasteiger partial charge on any atom is 0.147 e. The van der Waals surface area contributed by atoms with E-state index in [-0.39, 0.29) is 5.75 Å². The van der Waals surface area contributed by atoms with Crippen LogP contribution in [0.5, 0.6) is 0 Å². The summed E-state index contributed by atoms with van der Waals surface area (Å²) in [5.74, 6) is 0.187. The monoisotopic (exact) mass is 277 g/mol. The molecule has 0 atom stereocenters. The van der Waals surface area contributed by atoms with Gasteiger partial charge in [-0.05, 0) is 51.5 Å². The van der Waals surface area contributed by atoms with Crippen molar-refractivity contribution in [2.24, 2.45) is 0 Å². The van der Waals surface area contributed by atoms with Crippen LogP contribution in [0.2, 0.25) is 0 Å². The van der Waals surface area contributed by atoms with Gasteiger partial charge in [0.25, 0.3) is 0 Å². The van der Waals surface area contributed by atoms with Crippen LogP contribution in [-0.2, 0) is 9.84 Å². The molecule has 2 N–H and O–H groups in total. The predicted molar refractivity (Wildman–Crippen MR) is 74.4 cm³/mol. The second-order valence-electron chi connectivity index (χ2n) is 5.69. The summed E-state index contributed by atoms with van der Waals surface area (Å²) in [4.78, 5) is 0. The number of nitrogens with one attached hydrogen (secondary N) is 1. The molecule has 1 fully saturated rings. The third-order valence-electron chi connectivity index (χ3n) is 3.76. The molecule has 18 heavy (non-hydrogen) atoms. The quantitative estimate of drug-likeness (QED) is 0.740. The van der Waals surface area contributed by atoms with Crippen molar-refractivity contribution in [1.82, 2.24) is 5.32 Å². The van der Waals surface area contributed by atoms with Gasteiger partial charge in [-0.3, -0.25) is 0 Å². The fourth-order valence-corrected chi connectivity index (χ4v) is 3.29. The highest BCUT2D eigenvalue weighted by Gasteiger charge is 2.32. The molecule has 0 radical (unpaired) electrons. The van der Waals surface area contributed by atoms with Gasteiger partial charge in [0.2, 0.25) is 0 Å². The Bertz CT molecular complexity index is 332. The summed E-state index contributed by atoms with van der Waals surface area (Å²) in [6.45, 7) is 3.19. The maximum absolute atomic E-state index is 11.1. The zero-order chi connectivity index (χ0) is 13.6. The Morgan fingerprint density at radius 3 is 2.44 bits per heavy atom. The molecule has 0 saturated heterocycles. The predicted octanol–water partition coefficient (Wildman–Crippen LogP) is 1.48. The standard InChI is InChI=1S/C13H27NO3S/c1-3-10-14-12-5-8-13(15,9-6-12)7-4-11-18(2,16)17/h12,14-15H,3-11H2,1-2H3. The van der Waals surface area contributed by atoms with E-state index in [1.807, 2.05) is 0 Å². The van der Waals surface area contributed by atoms with Crippen LogP contribution >= 0.6 is 0 Å². The van der Waals surface area contributed by atoms with Crippen molar-refractivity contribution in [3.05, 3.63) is 0 Å². The van der Waals surface area contributed by atoms with Crippen LogP contribution in [0, 0.1) is 0 Å². The molecule has 0 aromatic heterocycles. The SMILES string of the molecule is CCCNC1CCC(O)(CCCS(C)(=O)=O)CC1. The van der Waals surface area contributed by atoms with Crippen molar-refractivity contribution in [2.45, 2.75) is 63.5 Å². The molecule has 108 valence electrons. The molecule has 0 unspecified atom stereocenters. The van der Waals surface area contributed by atoms with E-state index in [4.69, 9.17) is 0 Å². The lowest BCUT2D eigenvalue weighted by Crippen LogP contribution is -2.41. The average molecular weight is 277 g/mol. The third-order valence-corrected chi connectivity index (χ3v) is 4.79.